The minimum atomic E-state index is 0.127. The van der Waals surface area contributed by atoms with E-state index >= 15 is 0 Å². The average molecular weight is 714 g/mol. The van der Waals surface area contributed by atoms with Crippen molar-refractivity contribution >= 4 is 17.1 Å². The van der Waals surface area contributed by atoms with Crippen molar-refractivity contribution in [3.8, 4) is 33.4 Å². The van der Waals surface area contributed by atoms with E-state index in [0.717, 1.165) is 23.7 Å². The summed E-state index contributed by atoms with van der Waals surface area (Å²) in [7, 11) is 0. The fourth-order valence-electron chi connectivity index (χ4n) is 13.9. The van der Waals surface area contributed by atoms with Crippen LogP contribution in [0.3, 0.4) is 0 Å². The van der Waals surface area contributed by atoms with Gasteiger partial charge in [0.2, 0.25) is 0 Å². The lowest BCUT2D eigenvalue weighted by Gasteiger charge is -2.76. The molecule has 12 rings (SSSR count). The van der Waals surface area contributed by atoms with Crippen molar-refractivity contribution in [2.24, 2.45) is 29.1 Å². The first kappa shape index (κ1) is 32.4. The van der Waals surface area contributed by atoms with Crippen molar-refractivity contribution < 1.29 is 0 Å². The Hall–Kier alpha value is -4.88. The Kier molecular flexibility index (Phi) is 6.42. The Bertz CT molecular complexity index is 2530. The van der Waals surface area contributed by atoms with Gasteiger partial charge in [-0.1, -0.05) is 125 Å². The van der Waals surface area contributed by atoms with E-state index in [-0.39, 0.29) is 16.2 Å². The highest BCUT2D eigenvalue weighted by atomic mass is 15.1. The van der Waals surface area contributed by atoms with Crippen LogP contribution >= 0.6 is 0 Å². The molecule has 0 aromatic heterocycles. The van der Waals surface area contributed by atoms with Crippen molar-refractivity contribution in [3.63, 3.8) is 0 Å². The van der Waals surface area contributed by atoms with Crippen LogP contribution in [-0.2, 0) is 16.2 Å². The zero-order chi connectivity index (χ0) is 36.9. The monoisotopic (exact) mass is 713 g/mol. The number of anilines is 3. The summed E-state index contributed by atoms with van der Waals surface area (Å²) >= 11 is 0. The number of rotatable bonds is 5. The van der Waals surface area contributed by atoms with Crippen molar-refractivity contribution in [1.82, 2.24) is 0 Å². The highest BCUT2D eigenvalue weighted by Gasteiger charge is 2.84. The largest absolute Gasteiger partial charge is 0.310 e. The molecule has 1 heteroatoms. The van der Waals surface area contributed by atoms with E-state index in [9.17, 15) is 0 Å². The van der Waals surface area contributed by atoms with Gasteiger partial charge in [0.25, 0.3) is 0 Å². The van der Waals surface area contributed by atoms with E-state index in [2.05, 4.69) is 172 Å². The zero-order valence-corrected chi connectivity index (χ0v) is 32.8. The molecule has 4 saturated carbocycles. The van der Waals surface area contributed by atoms with Crippen LogP contribution < -0.4 is 4.90 Å². The molecule has 6 atom stereocenters. The molecule has 272 valence electrons. The maximum atomic E-state index is 2.59. The molecule has 0 N–H and O–H groups in total. The van der Waals surface area contributed by atoms with Gasteiger partial charge in [-0.05, 0) is 177 Å². The van der Waals surface area contributed by atoms with E-state index in [1.807, 2.05) is 0 Å². The van der Waals surface area contributed by atoms with Gasteiger partial charge in [-0.15, -0.1) is 0 Å². The van der Waals surface area contributed by atoms with Gasteiger partial charge in [0.15, 0.2) is 0 Å². The summed E-state index contributed by atoms with van der Waals surface area (Å²) in [5, 5.41) is 0. The Morgan fingerprint density at radius 2 is 0.982 bits per heavy atom. The maximum absolute atomic E-state index is 2.59. The van der Waals surface area contributed by atoms with E-state index < -0.39 is 0 Å². The quantitative estimate of drug-likeness (QED) is 0.172. The van der Waals surface area contributed by atoms with Crippen molar-refractivity contribution in [2.75, 3.05) is 4.90 Å². The summed E-state index contributed by atoms with van der Waals surface area (Å²) < 4.78 is 0. The molecule has 6 aromatic rings. The molecule has 2 spiro atoms. The summed E-state index contributed by atoms with van der Waals surface area (Å²) in [6.07, 6.45) is 8.28. The second-order valence-electron chi connectivity index (χ2n) is 19.7. The number of hydrogen-bond donors (Lipinski definition) is 0. The minimum absolute atomic E-state index is 0.127. The van der Waals surface area contributed by atoms with Crippen molar-refractivity contribution in [2.45, 2.75) is 82.5 Å². The highest BCUT2D eigenvalue weighted by Crippen LogP contribution is 2.89. The Labute approximate surface area is 327 Å². The van der Waals surface area contributed by atoms with Gasteiger partial charge >= 0.3 is 0 Å². The molecule has 0 aliphatic heterocycles. The average Bonchev–Trinajstić information content (AvgIpc) is 3.84. The van der Waals surface area contributed by atoms with Crippen LogP contribution in [-0.4, -0.2) is 0 Å². The zero-order valence-electron chi connectivity index (χ0n) is 32.8. The van der Waals surface area contributed by atoms with Crippen molar-refractivity contribution in [3.05, 3.63) is 162 Å². The van der Waals surface area contributed by atoms with Crippen LogP contribution in [0.2, 0.25) is 0 Å². The number of nitrogens with zero attached hydrogens (tertiary/aromatic N) is 1. The molecule has 0 heterocycles. The molecular formula is C54H51N. The lowest BCUT2D eigenvalue weighted by atomic mass is 9.27. The third-order valence-electron chi connectivity index (χ3n) is 16.4. The fourth-order valence-corrected chi connectivity index (χ4v) is 13.9. The lowest BCUT2D eigenvalue weighted by Crippen LogP contribution is -2.73. The Morgan fingerprint density at radius 1 is 0.455 bits per heavy atom. The maximum Gasteiger partial charge on any atom is 0.0468 e. The summed E-state index contributed by atoms with van der Waals surface area (Å²) in [6.45, 7) is 9.77. The smallest absolute Gasteiger partial charge is 0.0468 e. The first-order valence-corrected chi connectivity index (χ1v) is 21.1. The van der Waals surface area contributed by atoms with Crippen LogP contribution in [0.5, 0.6) is 0 Å². The summed E-state index contributed by atoms with van der Waals surface area (Å²) in [5.41, 5.74) is 19.1. The van der Waals surface area contributed by atoms with Crippen LogP contribution in [0, 0.1) is 29.1 Å². The fraction of sp³-hybridized carbons (Fsp3) is 0.333. The van der Waals surface area contributed by atoms with Crippen molar-refractivity contribution in [1.29, 1.82) is 0 Å². The van der Waals surface area contributed by atoms with Gasteiger partial charge in [0.05, 0.1) is 0 Å². The van der Waals surface area contributed by atoms with Gasteiger partial charge < -0.3 is 4.90 Å². The van der Waals surface area contributed by atoms with Crippen LogP contribution in [0.1, 0.15) is 88.5 Å². The molecule has 2 bridgehead atoms. The molecule has 55 heavy (non-hydrogen) atoms. The molecule has 0 radical (unpaired) electrons. The van der Waals surface area contributed by atoms with Gasteiger partial charge in [-0.3, -0.25) is 0 Å². The molecule has 6 unspecified atom stereocenters. The second kappa shape index (κ2) is 10.9. The standard InChI is InChI=1S/C54H51N/c1-51(2)25-26-52(3,4)48-32-42(21-24-47(48)51)55(40-18-15-37(16-19-40)35-11-7-5-8-12-35)41-20-23-46-44(31-41)43-29-38(36-13-9-6-10-14-36)17-22-45(43)54(46)49-28-34-27-39-30-50(54)53(39,49)33-34/h5-24,29,31-32,34,39,49-50H,25-28,30,33H2,1-4H3. The second-order valence-corrected chi connectivity index (χ2v) is 19.7. The first-order chi connectivity index (χ1) is 26.7. The topological polar surface area (TPSA) is 3.24 Å². The summed E-state index contributed by atoms with van der Waals surface area (Å²) in [5.74, 6) is 3.52. The van der Waals surface area contributed by atoms with Gasteiger partial charge in [0, 0.05) is 22.5 Å². The SMILES string of the molecule is CC1(C)CCC(C)(C)c2cc(N(c3ccc(-c4ccccc4)cc3)c3ccc4c(c3)-c3cc(-c5ccccc5)ccc3C43C4CC5CC6CC3C64C5)ccc21. The minimum Gasteiger partial charge on any atom is -0.310 e. The van der Waals surface area contributed by atoms with Crippen LogP contribution in [0.4, 0.5) is 17.1 Å². The Balaban J connectivity index is 1.05. The molecule has 1 nitrogen and oxygen atoms in total. The first-order valence-electron chi connectivity index (χ1n) is 21.1. The Morgan fingerprint density at radius 3 is 1.67 bits per heavy atom. The number of hydrogen-bond acceptors (Lipinski definition) is 1. The molecular weight excluding hydrogens is 663 g/mol. The predicted molar refractivity (Wildman–Crippen MR) is 228 cm³/mol. The molecule has 4 fully saturated rings. The highest BCUT2D eigenvalue weighted by molar-refractivity contribution is 5.90. The third-order valence-corrected chi connectivity index (χ3v) is 16.4. The number of fused-ring (bicyclic) bond motifs is 9. The van der Waals surface area contributed by atoms with Gasteiger partial charge in [-0.25, -0.2) is 0 Å². The lowest BCUT2D eigenvalue weighted by molar-refractivity contribution is -0.231. The molecule has 6 aliphatic rings. The molecule has 6 aliphatic carbocycles. The summed E-state index contributed by atoms with van der Waals surface area (Å²) in [4.78, 5) is 2.55. The van der Waals surface area contributed by atoms with Gasteiger partial charge in [-0.2, -0.15) is 0 Å². The van der Waals surface area contributed by atoms with Crippen LogP contribution in [0.15, 0.2) is 140 Å². The normalized spacial score (nSPS) is 29.1. The third kappa shape index (κ3) is 4.15. The van der Waals surface area contributed by atoms with E-state index in [1.165, 1.54) is 100 Å². The molecule has 6 aromatic carbocycles. The van der Waals surface area contributed by atoms with E-state index in [4.69, 9.17) is 0 Å². The van der Waals surface area contributed by atoms with E-state index in [0.29, 0.717) is 5.41 Å². The van der Waals surface area contributed by atoms with Crippen LogP contribution in [0.25, 0.3) is 33.4 Å². The van der Waals surface area contributed by atoms with E-state index in [1.54, 1.807) is 11.1 Å². The van der Waals surface area contributed by atoms with Gasteiger partial charge in [0.1, 0.15) is 0 Å². The molecule has 0 amide bonds. The molecule has 0 saturated heterocycles. The predicted octanol–water partition coefficient (Wildman–Crippen LogP) is 14.2. The number of benzene rings is 6. The summed E-state index contributed by atoms with van der Waals surface area (Å²) in [6, 6.07) is 53.7.